The molecule has 0 saturated carbocycles. The summed E-state index contributed by atoms with van der Waals surface area (Å²) < 4.78 is 6.36. The van der Waals surface area contributed by atoms with E-state index in [1.807, 2.05) is 18.2 Å². The molecule has 1 aliphatic rings. The molecule has 1 atom stereocenters. The van der Waals surface area contributed by atoms with Crippen LogP contribution in [-0.4, -0.2) is 40.1 Å². The summed E-state index contributed by atoms with van der Waals surface area (Å²) in [7, 11) is 0. The van der Waals surface area contributed by atoms with Crippen LogP contribution in [0.1, 0.15) is 19.8 Å². The van der Waals surface area contributed by atoms with Crippen LogP contribution in [0.15, 0.2) is 28.7 Å². The number of benzene rings is 1. The van der Waals surface area contributed by atoms with Gasteiger partial charge in [-0.3, -0.25) is 4.79 Å². The van der Waals surface area contributed by atoms with Crippen molar-refractivity contribution >= 4 is 39.6 Å². The van der Waals surface area contributed by atoms with Crippen LogP contribution in [0.5, 0.6) is 5.75 Å². The lowest BCUT2D eigenvalue weighted by Crippen LogP contribution is -2.58. The summed E-state index contributed by atoms with van der Waals surface area (Å²) in [6.07, 6.45) is 0.0885. The van der Waals surface area contributed by atoms with Gasteiger partial charge in [0.05, 0.1) is 4.47 Å². The molecule has 1 heterocycles. The Labute approximate surface area is 141 Å². The first-order valence-corrected chi connectivity index (χ1v) is 8.94. The zero-order valence-electron chi connectivity index (χ0n) is 12.2. The summed E-state index contributed by atoms with van der Waals surface area (Å²) in [4.78, 5) is 23.9. The second kappa shape index (κ2) is 7.37. The topological polar surface area (TPSA) is 75.6 Å². The van der Waals surface area contributed by atoms with Crippen molar-refractivity contribution in [3.05, 3.63) is 28.7 Å². The van der Waals surface area contributed by atoms with Crippen LogP contribution in [0.3, 0.4) is 0 Å². The maximum Gasteiger partial charge on any atom is 0.329 e. The Morgan fingerprint density at radius 3 is 2.59 bits per heavy atom. The smallest absolute Gasteiger partial charge is 0.329 e. The second-order valence-electron chi connectivity index (χ2n) is 5.18. The minimum absolute atomic E-state index is 0.412. The molecule has 1 aromatic rings. The third-order valence-corrected chi connectivity index (χ3v) is 5.27. The molecular formula is C15H18BrNO4S. The zero-order valence-corrected chi connectivity index (χ0v) is 14.6. The summed E-state index contributed by atoms with van der Waals surface area (Å²) in [5.41, 5.74) is -1.17. The van der Waals surface area contributed by atoms with Gasteiger partial charge in [0.15, 0.2) is 6.10 Å². The van der Waals surface area contributed by atoms with E-state index in [0.717, 1.165) is 16.0 Å². The third kappa shape index (κ3) is 3.95. The number of carbonyl (C=O) groups is 2. The van der Waals surface area contributed by atoms with Gasteiger partial charge in [-0.15, -0.1) is 0 Å². The molecule has 1 aliphatic heterocycles. The predicted molar refractivity (Wildman–Crippen MR) is 89.3 cm³/mol. The monoisotopic (exact) mass is 387 g/mol. The molecule has 7 heteroatoms. The SMILES string of the molecule is CC(Oc1ccccc1Br)C(=O)NC1(C(=O)O)CCSCC1. The van der Waals surface area contributed by atoms with E-state index < -0.39 is 23.5 Å². The highest BCUT2D eigenvalue weighted by Gasteiger charge is 2.42. The van der Waals surface area contributed by atoms with Gasteiger partial charge in [0, 0.05) is 0 Å². The van der Waals surface area contributed by atoms with Gasteiger partial charge >= 0.3 is 5.97 Å². The first-order valence-electron chi connectivity index (χ1n) is 6.99. The number of carboxylic acids is 1. The number of hydrogen-bond acceptors (Lipinski definition) is 4. The summed E-state index contributed by atoms with van der Waals surface area (Å²) >= 11 is 5.06. The van der Waals surface area contributed by atoms with Gasteiger partial charge in [0.25, 0.3) is 5.91 Å². The van der Waals surface area contributed by atoms with Gasteiger partial charge < -0.3 is 15.2 Å². The summed E-state index contributed by atoms with van der Waals surface area (Å²) in [5.74, 6) is 0.617. The average Bonchev–Trinajstić information content (AvgIpc) is 2.50. The zero-order chi connectivity index (χ0) is 16.2. The Morgan fingerprint density at radius 2 is 2.00 bits per heavy atom. The van der Waals surface area contributed by atoms with Gasteiger partial charge in [-0.25, -0.2) is 4.79 Å². The molecule has 0 aromatic heterocycles. The van der Waals surface area contributed by atoms with Crippen LogP contribution < -0.4 is 10.1 Å². The van der Waals surface area contributed by atoms with Gasteiger partial charge in [0.2, 0.25) is 0 Å². The largest absolute Gasteiger partial charge is 0.480 e. The Hall–Kier alpha value is -1.21. The Balaban J connectivity index is 2.04. The lowest BCUT2D eigenvalue weighted by Gasteiger charge is -2.34. The predicted octanol–water partition coefficient (Wildman–Crippen LogP) is 2.68. The normalized spacial score (nSPS) is 18.3. The van der Waals surface area contributed by atoms with Crippen molar-refractivity contribution in [2.75, 3.05) is 11.5 Å². The molecule has 22 heavy (non-hydrogen) atoms. The van der Waals surface area contributed by atoms with Crippen molar-refractivity contribution in [2.24, 2.45) is 0 Å². The highest BCUT2D eigenvalue weighted by Crippen LogP contribution is 2.28. The van der Waals surface area contributed by atoms with Crippen LogP contribution in [0.2, 0.25) is 0 Å². The number of nitrogens with one attached hydrogen (secondary N) is 1. The highest BCUT2D eigenvalue weighted by atomic mass is 79.9. The quantitative estimate of drug-likeness (QED) is 0.811. The van der Waals surface area contributed by atoms with E-state index in [-0.39, 0.29) is 0 Å². The van der Waals surface area contributed by atoms with E-state index in [9.17, 15) is 14.7 Å². The summed E-state index contributed by atoms with van der Waals surface area (Å²) in [6, 6.07) is 7.22. The number of amides is 1. The van der Waals surface area contributed by atoms with Crippen LogP contribution in [0.25, 0.3) is 0 Å². The molecule has 2 N–H and O–H groups in total. The molecule has 1 saturated heterocycles. The molecule has 0 spiro atoms. The standard InChI is InChI=1S/C15H18BrNO4S/c1-10(21-12-5-3-2-4-11(12)16)13(18)17-15(14(19)20)6-8-22-9-7-15/h2-5,10H,6-9H2,1H3,(H,17,18)(H,19,20). The molecule has 1 unspecified atom stereocenters. The average molecular weight is 388 g/mol. The first-order chi connectivity index (χ1) is 10.4. The maximum atomic E-state index is 12.3. The minimum Gasteiger partial charge on any atom is -0.480 e. The molecule has 1 aromatic carbocycles. The second-order valence-corrected chi connectivity index (χ2v) is 7.26. The van der Waals surface area contributed by atoms with E-state index in [0.29, 0.717) is 18.6 Å². The van der Waals surface area contributed by atoms with Crippen LogP contribution >= 0.6 is 27.7 Å². The van der Waals surface area contributed by atoms with Crippen LogP contribution in [0, 0.1) is 0 Å². The van der Waals surface area contributed by atoms with E-state index >= 15 is 0 Å². The van der Waals surface area contributed by atoms with E-state index in [1.54, 1.807) is 24.8 Å². The lowest BCUT2D eigenvalue weighted by molar-refractivity contribution is -0.149. The van der Waals surface area contributed by atoms with Crippen molar-refractivity contribution in [2.45, 2.75) is 31.4 Å². The number of thioether (sulfide) groups is 1. The van der Waals surface area contributed by atoms with E-state index in [1.165, 1.54) is 0 Å². The first kappa shape index (κ1) is 17.1. The van der Waals surface area contributed by atoms with E-state index in [4.69, 9.17) is 4.74 Å². The van der Waals surface area contributed by atoms with Gasteiger partial charge in [-0.2, -0.15) is 11.8 Å². The fourth-order valence-electron chi connectivity index (χ4n) is 2.23. The van der Waals surface area contributed by atoms with Gasteiger partial charge in [-0.05, 0) is 59.3 Å². The minimum atomic E-state index is -1.17. The molecule has 0 radical (unpaired) electrons. The van der Waals surface area contributed by atoms with Crippen molar-refractivity contribution in [1.29, 1.82) is 0 Å². The fraction of sp³-hybridized carbons (Fsp3) is 0.467. The van der Waals surface area contributed by atoms with E-state index in [2.05, 4.69) is 21.2 Å². The Morgan fingerprint density at radius 1 is 1.36 bits per heavy atom. The number of carbonyl (C=O) groups excluding carboxylic acids is 1. The number of carboxylic acid groups (broad SMARTS) is 1. The number of hydrogen-bond donors (Lipinski definition) is 2. The Kier molecular flexibility index (Phi) is 5.74. The summed E-state index contributed by atoms with van der Waals surface area (Å²) in [5, 5.41) is 12.2. The van der Waals surface area contributed by atoms with Crippen LogP contribution in [0.4, 0.5) is 0 Å². The maximum absolute atomic E-state index is 12.3. The molecule has 120 valence electrons. The summed E-state index contributed by atoms with van der Waals surface area (Å²) in [6.45, 7) is 1.61. The molecule has 0 aliphatic carbocycles. The number of halogens is 1. The number of para-hydroxylation sites is 1. The van der Waals surface area contributed by atoms with Crippen molar-refractivity contribution in [3.63, 3.8) is 0 Å². The molecule has 2 rings (SSSR count). The molecular weight excluding hydrogens is 370 g/mol. The molecule has 1 amide bonds. The molecule has 1 fully saturated rings. The lowest BCUT2D eigenvalue weighted by atomic mass is 9.92. The van der Waals surface area contributed by atoms with Gasteiger partial charge in [0.1, 0.15) is 11.3 Å². The molecule has 0 bridgehead atoms. The highest BCUT2D eigenvalue weighted by molar-refractivity contribution is 9.10. The van der Waals surface area contributed by atoms with Crippen molar-refractivity contribution in [3.8, 4) is 5.75 Å². The number of rotatable bonds is 5. The van der Waals surface area contributed by atoms with Gasteiger partial charge in [-0.1, -0.05) is 12.1 Å². The molecule has 5 nitrogen and oxygen atoms in total. The van der Waals surface area contributed by atoms with Crippen molar-refractivity contribution < 1.29 is 19.4 Å². The number of ether oxygens (including phenoxy) is 1. The Bertz CT molecular complexity index is 560. The van der Waals surface area contributed by atoms with Crippen molar-refractivity contribution in [1.82, 2.24) is 5.32 Å². The van der Waals surface area contributed by atoms with Crippen LogP contribution in [-0.2, 0) is 9.59 Å². The number of aliphatic carboxylic acids is 1. The third-order valence-electron chi connectivity index (χ3n) is 3.63. The fourth-order valence-corrected chi connectivity index (χ4v) is 3.80.